The quantitative estimate of drug-likeness (QED) is 0.733. The van der Waals surface area contributed by atoms with Crippen LogP contribution in [0.3, 0.4) is 0 Å². The monoisotopic (exact) mass is 167 g/mol. The summed E-state index contributed by atoms with van der Waals surface area (Å²) in [6.45, 7) is 4.84. The Labute approximate surface area is 73.6 Å². The molecule has 0 spiro atoms. The van der Waals surface area contributed by atoms with Gasteiger partial charge in [0.05, 0.1) is 11.4 Å². The number of aromatic nitrogens is 2. The van der Waals surface area contributed by atoms with Gasteiger partial charge < -0.3 is 5.73 Å². The summed E-state index contributed by atoms with van der Waals surface area (Å²) < 4.78 is 1.89. The summed E-state index contributed by atoms with van der Waals surface area (Å²) in [5.41, 5.74) is 9.21. The number of hydrogen-bond donors (Lipinski definition) is 1. The van der Waals surface area contributed by atoms with Gasteiger partial charge in [-0.1, -0.05) is 13.3 Å². The molecule has 0 aromatic carbocycles. The lowest BCUT2D eigenvalue weighted by molar-refractivity contribution is 0.693. The largest absolute Gasteiger partial charge is 0.325 e. The molecule has 68 valence electrons. The highest BCUT2D eigenvalue weighted by molar-refractivity contribution is 5.24. The van der Waals surface area contributed by atoms with Crippen LogP contribution in [-0.2, 0) is 20.0 Å². The van der Waals surface area contributed by atoms with Crippen LogP contribution in [0.2, 0.25) is 0 Å². The van der Waals surface area contributed by atoms with Gasteiger partial charge in [-0.25, -0.2) is 0 Å². The van der Waals surface area contributed by atoms with Crippen LogP contribution in [0.25, 0.3) is 0 Å². The first-order valence-corrected chi connectivity index (χ1v) is 4.42. The van der Waals surface area contributed by atoms with Gasteiger partial charge in [0.15, 0.2) is 0 Å². The number of nitrogens with zero attached hydrogens (tertiary/aromatic N) is 2. The molecule has 0 saturated heterocycles. The van der Waals surface area contributed by atoms with E-state index in [9.17, 15) is 0 Å². The summed E-state index contributed by atoms with van der Waals surface area (Å²) in [4.78, 5) is 0. The molecule has 0 amide bonds. The fraction of sp³-hybridized carbons (Fsp3) is 0.667. The van der Waals surface area contributed by atoms with Gasteiger partial charge in [-0.05, 0) is 18.9 Å². The van der Waals surface area contributed by atoms with Crippen LogP contribution in [-0.4, -0.2) is 9.78 Å². The Morgan fingerprint density at radius 1 is 1.50 bits per heavy atom. The van der Waals surface area contributed by atoms with E-state index < -0.39 is 0 Å². The predicted octanol–water partition coefficient (Wildman–Crippen LogP) is 1.14. The molecule has 0 aliphatic rings. The second kappa shape index (κ2) is 3.72. The van der Waals surface area contributed by atoms with Gasteiger partial charge in [0.2, 0.25) is 0 Å². The van der Waals surface area contributed by atoms with Gasteiger partial charge in [-0.15, -0.1) is 0 Å². The molecule has 1 heterocycles. The minimum atomic E-state index is 0.582. The molecule has 2 N–H and O–H groups in total. The maximum absolute atomic E-state index is 5.60. The molecular formula is C9H17N3. The first kappa shape index (κ1) is 9.26. The van der Waals surface area contributed by atoms with Crippen molar-refractivity contribution in [1.82, 2.24) is 9.78 Å². The smallest absolute Gasteiger partial charge is 0.0656 e. The molecule has 0 atom stereocenters. The Hall–Kier alpha value is -0.830. The number of rotatable bonds is 3. The van der Waals surface area contributed by atoms with Crippen LogP contribution in [0.5, 0.6) is 0 Å². The lowest BCUT2D eigenvalue weighted by Gasteiger charge is -1.97. The zero-order valence-electron chi connectivity index (χ0n) is 8.09. The molecule has 0 radical (unpaired) electrons. The van der Waals surface area contributed by atoms with Gasteiger partial charge >= 0.3 is 0 Å². The molecule has 1 aromatic rings. The summed E-state index contributed by atoms with van der Waals surface area (Å²) in [7, 11) is 1.95. The zero-order valence-corrected chi connectivity index (χ0v) is 8.09. The van der Waals surface area contributed by atoms with Crippen LogP contribution in [0.15, 0.2) is 0 Å². The van der Waals surface area contributed by atoms with Crippen molar-refractivity contribution in [3.63, 3.8) is 0 Å². The molecule has 0 aliphatic heterocycles. The molecule has 3 nitrogen and oxygen atoms in total. The third-order valence-corrected chi connectivity index (χ3v) is 2.21. The first-order chi connectivity index (χ1) is 5.70. The van der Waals surface area contributed by atoms with Crippen LogP contribution >= 0.6 is 0 Å². The molecule has 0 fully saturated rings. The van der Waals surface area contributed by atoms with E-state index in [0.29, 0.717) is 6.54 Å². The number of aryl methyl sites for hydroxylation is 2. The average Bonchev–Trinajstić information content (AvgIpc) is 2.29. The molecule has 12 heavy (non-hydrogen) atoms. The van der Waals surface area contributed by atoms with Crippen molar-refractivity contribution >= 4 is 0 Å². The van der Waals surface area contributed by atoms with Crippen molar-refractivity contribution in [3.8, 4) is 0 Å². The van der Waals surface area contributed by atoms with Gasteiger partial charge in [0.25, 0.3) is 0 Å². The Bertz CT molecular complexity index is 263. The summed E-state index contributed by atoms with van der Waals surface area (Å²) in [6.07, 6.45) is 2.20. The van der Waals surface area contributed by atoms with Crippen molar-refractivity contribution in [2.75, 3.05) is 0 Å². The van der Waals surface area contributed by atoms with Crippen molar-refractivity contribution < 1.29 is 0 Å². The highest BCUT2D eigenvalue weighted by Gasteiger charge is 2.08. The van der Waals surface area contributed by atoms with Crippen LogP contribution in [0.4, 0.5) is 0 Å². The highest BCUT2D eigenvalue weighted by Crippen LogP contribution is 2.12. The normalized spacial score (nSPS) is 10.7. The molecular weight excluding hydrogens is 150 g/mol. The SMILES string of the molecule is CCCc1nn(C)c(CN)c1C. The summed E-state index contributed by atoms with van der Waals surface area (Å²) >= 11 is 0. The molecule has 0 aliphatic carbocycles. The average molecular weight is 167 g/mol. The number of nitrogens with two attached hydrogens (primary N) is 1. The maximum atomic E-state index is 5.60. The van der Waals surface area contributed by atoms with E-state index in [0.717, 1.165) is 18.5 Å². The van der Waals surface area contributed by atoms with Gasteiger partial charge in [0, 0.05) is 13.6 Å². The van der Waals surface area contributed by atoms with E-state index in [-0.39, 0.29) is 0 Å². The molecule has 1 rings (SSSR count). The topological polar surface area (TPSA) is 43.8 Å². The second-order valence-corrected chi connectivity index (χ2v) is 3.10. The summed E-state index contributed by atoms with van der Waals surface area (Å²) in [6, 6.07) is 0. The third-order valence-electron chi connectivity index (χ3n) is 2.21. The van der Waals surface area contributed by atoms with Crippen LogP contribution in [0, 0.1) is 6.92 Å². The Morgan fingerprint density at radius 3 is 2.58 bits per heavy atom. The molecule has 0 bridgehead atoms. The van der Waals surface area contributed by atoms with E-state index >= 15 is 0 Å². The highest BCUT2D eigenvalue weighted by atomic mass is 15.3. The van der Waals surface area contributed by atoms with E-state index in [4.69, 9.17) is 5.73 Å². The van der Waals surface area contributed by atoms with Gasteiger partial charge in [-0.2, -0.15) is 5.10 Å². The number of hydrogen-bond acceptors (Lipinski definition) is 2. The van der Waals surface area contributed by atoms with Crippen molar-refractivity contribution in [3.05, 3.63) is 17.0 Å². The van der Waals surface area contributed by atoms with Crippen molar-refractivity contribution in [2.45, 2.75) is 33.2 Å². The van der Waals surface area contributed by atoms with Gasteiger partial charge in [0.1, 0.15) is 0 Å². The standard InChI is InChI=1S/C9H17N3/c1-4-5-8-7(2)9(6-10)12(3)11-8/h4-6,10H2,1-3H3. The van der Waals surface area contributed by atoms with Crippen molar-refractivity contribution in [1.29, 1.82) is 0 Å². The lowest BCUT2D eigenvalue weighted by atomic mass is 10.1. The third kappa shape index (κ3) is 1.50. The van der Waals surface area contributed by atoms with E-state index in [2.05, 4.69) is 18.9 Å². The fourth-order valence-electron chi connectivity index (χ4n) is 1.49. The first-order valence-electron chi connectivity index (χ1n) is 4.42. The second-order valence-electron chi connectivity index (χ2n) is 3.10. The molecule has 0 saturated carbocycles. The van der Waals surface area contributed by atoms with E-state index in [1.807, 2.05) is 11.7 Å². The van der Waals surface area contributed by atoms with E-state index in [1.165, 1.54) is 11.3 Å². The Balaban J connectivity index is 3.00. The summed E-state index contributed by atoms with van der Waals surface area (Å²) in [5, 5.41) is 4.41. The maximum Gasteiger partial charge on any atom is 0.0656 e. The predicted molar refractivity (Wildman–Crippen MR) is 49.8 cm³/mol. The summed E-state index contributed by atoms with van der Waals surface area (Å²) in [5.74, 6) is 0. The minimum Gasteiger partial charge on any atom is -0.325 e. The van der Waals surface area contributed by atoms with E-state index in [1.54, 1.807) is 0 Å². The fourth-order valence-corrected chi connectivity index (χ4v) is 1.49. The van der Waals surface area contributed by atoms with Crippen molar-refractivity contribution in [2.24, 2.45) is 12.8 Å². The Kier molecular flexibility index (Phi) is 2.87. The molecule has 0 unspecified atom stereocenters. The lowest BCUT2D eigenvalue weighted by Crippen LogP contribution is -2.05. The minimum absolute atomic E-state index is 0.582. The zero-order chi connectivity index (χ0) is 9.14. The van der Waals surface area contributed by atoms with Crippen LogP contribution < -0.4 is 5.73 Å². The Morgan fingerprint density at radius 2 is 2.17 bits per heavy atom. The molecule has 1 aromatic heterocycles. The molecule has 3 heteroatoms. The van der Waals surface area contributed by atoms with Crippen LogP contribution in [0.1, 0.15) is 30.3 Å². The van der Waals surface area contributed by atoms with Gasteiger partial charge in [-0.3, -0.25) is 4.68 Å².